The third-order valence-corrected chi connectivity index (χ3v) is 4.65. The molecule has 0 fully saturated rings. The van der Waals surface area contributed by atoms with Crippen LogP contribution in [0, 0.1) is 0 Å². The molecule has 0 N–H and O–H groups in total. The zero-order valence-electron chi connectivity index (χ0n) is 15.3. The van der Waals surface area contributed by atoms with E-state index in [0.29, 0.717) is 37.7 Å². The zero-order chi connectivity index (χ0) is 18.6. The maximum Gasteiger partial charge on any atom is 0.259 e. The standard InChI is InChI=1S/C21H22N4O2/c1-2-27-20-19(9-6-10-22-20)21(26)24-11-12-25-18(15-24)14-17(23-25)13-16-7-4-3-5-8-16/h3-10,14H,2,11-13,15H2,1H3. The number of fused-ring (bicyclic) bond motifs is 1. The Morgan fingerprint density at radius 1 is 1.15 bits per heavy atom. The minimum absolute atomic E-state index is 0.0522. The van der Waals surface area contributed by atoms with Crippen LogP contribution in [0.1, 0.15) is 34.2 Å². The minimum Gasteiger partial charge on any atom is -0.477 e. The number of rotatable bonds is 5. The summed E-state index contributed by atoms with van der Waals surface area (Å²) >= 11 is 0. The highest BCUT2D eigenvalue weighted by Gasteiger charge is 2.25. The number of pyridine rings is 1. The predicted octanol–water partition coefficient (Wildman–Crippen LogP) is 2.92. The number of amides is 1. The summed E-state index contributed by atoms with van der Waals surface area (Å²) < 4.78 is 7.52. The van der Waals surface area contributed by atoms with Crippen LogP contribution in [0.15, 0.2) is 54.7 Å². The molecule has 1 aliphatic heterocycles. The first-order valence-corrected chi connectivity index (χ1v) is 9.21. The molecule has 138 valence electrons. The molecule has 0 bridgehead atoms. The molecular weight excluding hydrogens is 340 g/mol. The number of nitrogens with zero attached hydrogens (tertiary/aromatic N) is 4. The van der Waals surface area contributed by atoms with Crippen LogP contribution in [0.2, 0.25) is 0 Å². The fourth-order valence-electron chi connectivity index (χ4n) is 3.37. The summed E-state index contributed by atoms with van der Waals surface area (Å²) in [6.07, 6.45) is 2.44. The van der Waals surface area contributed by atoms with Gasteiger partial charge in [-0.1, -0.05) is 30.3 Å². The number of hydrogen-bond donors (Lipinski definition) is 0. The molecule has 0 aliphatic carbocycles. The van der Waals surface area contributed by atoms with Crippen molar-refractivity contribution in [2.24, 2.45) is 0 Å². The molecule has 3 aromatic rings. The van der Waals surface area contributed by atoms with Crippen molar-refractivity contribution in [3.8, 4) is 5.88 Å². The number of hydrogen-bond acceptors (Lipinski definition) is 4. The Bertz CT molecular complexity index is 936. The summed E-state index contributed by atoms with van der Waals surface area (Å²) in [6.45, 7) is 4.23. The largest absolute Gasteiger partial charge is 0.477 e. The summed E-state index contributed by atoms with van der Waals surface area (Å²) in [7, 11) is 0. The lowest BCUT2D eigenvalue weighted by atomic mass is 10.1. The molecule has 1 amide bonds. The van der Waals surface area contributed by atoms with Crippen molar-refractivity contribution < 1.29 is 9.53 Å². The summed E-state index contributed by atoms with van der Waals surface area (Å²) in [4.78, 5) is 19.0. The lowest BCUT2D eigenvalue weighted by molar-refractivity contribution is 0.0701. The quantitative estimate of drug-likeness (QED) is 0.700. The minimum atomic E-state index is -0.0522. The Morgan fingerprint density at radius 2 is 2.00 bits per heavy atom. The van der Waals surface area contributed by atoms with Gasteiger partial charge in [-0.25, -0.2) is 4.98 Å². The Balaban J connectivity index is 1.51. The first-order valence-electron chi connectivity index (χ1n) is 9.21. The van der Waals surface area contributed by atoms with Crippen molar-refractivity contribution in [3.63, 3.8) is 0 Å². The average molecular weight is 362 g/mol. The summed E-state index contributed by atoms with van der Waals surface area (Å²) in [5.41, 5.74) is 3.83. The molecule has 0 saturated carbocycles. The molecule has 1 aliphatic rings. The second-order valence-electron chi connectivity index (χ2n) is 6.53. The van der Waals surface area contributed by atoms with Crippen LogP contribution in [0.25, 0.3) is 0 Å². The lowest BCUT2D eigenvalue weighted by Gasteiger charge is -2.28. The summed E-state index contributed by atoms with van der Waals surface area (Å²) in [5, 5.41) is 4.70. The first kappa shape index (κ1) is 17.3. The molecule has 6 heteroatoms. The molecule has 3 heterocycles. The van der Waals surface area contributed by atoms with E-state index in [1.54, 1.807) is 18.3 Å². The van der Waals surface area contributed by atoms with E-state index >= 15 is 0 Å². The van der Waals surface area contributed by atoms with Crippen molar-refractivity contribution in [2.75, 3.05) is 13.2 Å². The molecule has 6 nitrogen and oxygen atoms in total. The average Bonchev–Trinajstić information content (AvgIpc) is 3.10. The Labute approximate surface area is 158 Å². The van der Waals surface area contributed by atoms with Crippen molar-refractivity contribution in [1.82, 2.24) is 19.7 Å². The van der Waals surface area contributed by atoms with Crippen LogP contribution < -0.4 is 4.74 Å². The van der Waals surface area contributed by atoms with Crippen molar-refractivity contribution in [2.45, 2.75) is 26.4 Å². The van der Waals surface area contributed by atoms with E-state index in [1.165, 1.54) is 5.56 Å². The van der Waals surface area contributed by atoms with Crippen molar-refractivity contribution in [3.05, 3.63) is 77.2 Å². The van der Waals surface area contributed by atoms with Gasteiger partial charge in [-0.05, 0) is 30.7 Å². The van der Waals surface area contributed by atoms with Gasteiger partial charge in [-0.15, -0.1) is 0 Å². The highest BCUT2D eigenvalue weighted by Crippen LogP contribution is 2.21. The van der Waals surface area contributed by atoms with Gasteiger partial charge in [0.05, 0.1) is 31.1 Å². The Morgan fingerprint density at radius 3 is 2.81 bits per heavy atom. The van der Waals surface area contributed by atoms with Crippen LogP contribution in [0.4, 0.5) is 0 Å². The third kappa shape index (κ3) is 3.69. The van der Waals surface area contributed by atoms with Crippen LogP contribution in [-0.4, -0.2) is 38.7 Å². The first-order chi connectivity index (χ1) is 13.2. The maximum absolute atomic E-state index is 13.0. The monoisotopic (exact) mass is 362 g/mol. The molecule has 0 radical (unpaired) electrons. The predicted molar refractivity (Wildman–Crippen MR) is 102 cm³/mol. The van der Waals surface area contributed by atoms with Crippen molar-refractivity contribution >= 4 is 5.91 Å². The van der Waals surface area contributed by atoms with E-state index in [9.17, 15) is 4.79 Å². The van der Waals surface area contributed by atoms with Gasteiger partial charge in [0.1, 0.15) is 5.56 Å². The van der Waals surface area contributed by atoms with E-state index in [4.69, 9.17) is 9.84 Å². The van der Waals surface area contributed by atoms with E-state index in [0.717, 1.165) is 17.8 Å². The van der Waals surface area contributed by atoms with Crippen LogP contribution in [0.5, 0.6) is 5.88 Å². The molecule has 1 aromatic carbocycles. The van der Waals surface area contributed by atoms with Gasteiger partial charge >= 0.3 is 0 Å². The van der Waals surface area contributed by atoms with Gasteiger partial charge < -0.3 is 9.64 Å². The van der Waals surface area contributed by atoms with Gasteiger partial charge in [0.2, 0.25) is 5.88 Å². The molecule has 4 rings (SSSR count). The molecule has 27 heavy (non-hydrogen) atoms. The topological polar surface area (TPSA) is 60.2 Å². The van der Waals surface area contributed by atoms with Gasteiger partial charge in [0.15, 0.2) is 0 Å². The molecular formula is C21H22N4O2. The second kappa shape index (κ2) is 7.61. The van der Waals surface area contributed by atoms with Gasteiger partial charge in [-0.2, -0.15) is 5.10 Å². The Hall–Kier alpha value is -3.15. The number of ether oxygens (including phenoxy) is 1. The fourth-order valence-corrected chi connectivity index (χ4v) is 3.37. The van der Waals surface area contributed by atoms with Gasteiger partial charge in [-0.3, -0.25) is 9.48 Å². The van der Waals surface area contributed by atoms with Crippen LogP contribution >= 0.6 is 0 Å². The zero-order valence-corrected chi connectivity index (χ0v) is 15.3. The third-order valence-electron chi connectivity index (χ3n) is 4.65. The highest BCUT2D eigenvalue weighted by molar-refractivity contribution is 5.96. The van der Waals surface area contributed by atoms with Gasteiger partial charge in [0.25, 0.3) is 5.91 Å². The number of benzene rings is 1. The van der Waals surface area contributed by atoms with Crippen LogP contribution in [0.3, 0.4) is 0 Å². The van der Waals surface area contributed by atoms with E-state index in [2.05, 4.69) is 23.2 Å². The van der Waals surface area contributed by atoms with E-state index in [-0.39, 0.29) is 5.91 Å². The highest BCUT2D eigenvalue weighted by atomic mass is 16.5. The lowest BCUT2D eigenvalue weighted by Crippen LogP contribution is -2.38. The summed E-state index contributed by atoms with van der Waals surface area (Å²) in [6, 6.07) is 15.9. The smallest absolute Gasteiger partial charge is 0.259 e. The number of carbonyl (C=O) groups excluding carboxylic acids is 1. The SMILES string of the molecule is CCOc1ncccc1C(=O)N1CCn2nc(Cc3ccccc3)cc2C1. The summed E-state index contributed by atoms with van der Waals surface area (Å²) in [5.74, 6) is 0.345. The van der Waals surface area contributed by atoms with Crippen LogP contribution in [-0.2, 0) is 19.5 Å². The molecule has 0 unspecified atom stereocenters. The molecule has 0 spiro atoms. The Kier molecular flexibility index (Phi) is 4.87. The fraction of sp³-hybridized carbons (Fsp3) is 0.286. The normalized spacial score (nSPS) is 13.3. The second-order valence-corrected chi connectivity index (χ2v) is 6.53. The number of carbonyl (C=O) groups is 1. The van der Waals surface area contributed by atoms with E-state index in [1.807, 2.05) is 34.7 Å². The van der Waals surface area contributed by atoms with Gasteiger partial charge in [0, 0.05) is 19.2 Å². The molecule has 0 saturated heterocycles. The number of aromatic nitrogens is 3. The van der Waals surface area contributed by atoms with E-state index < -0.39 is 0 Å². The van der Waals surface area contributed by atoms with Crippen molar-refractivity contribution in [1.29, 1.82) is 0 Å². The molecule has 0 atom stereocenters. The molecule has 2 aromatic heterocycles. The maximum atomic E-state index is 13.0.